The van der Waals surface area contributed by atoms with E-state index in [0.717, 1.165) is 5.92 Å². The molecular weight excluding hydrogens is 156 g/mol. The van der Waals surface area contributed by atoms with Crippen LogP contribution in [0.1, 0.15) is 57.8 Å². The summed E-state index contributed by atoms with van der Waals surface area (Å²) in [5.41, 5.74) is 0. The van der Waals surface area contributed by atoms with E-state index in [2.05, 4.69) is 12.2 Å². The van der Waals surface area contributed by atoms with Crippen LogP contribution in [0.3, 0.4) is 0 Å². The molecule has 0 unspecified atom stereocenters. The molecule has 0 spiro atoms. The minimum atomic E-state index is 1.08. The summed E-state index contributed by atoms with van der Waals surface area (Å²) in [6.07, 6.45) is 17.6. The lowest BCUT2D eigenvalue weighted by Crippen LogP contribution is -2.03. The third-order valence-electron chi connectivity index (χ3n) is 3.62. The Hall–Kier alpha value is -0.260. The van der Waals surface area contributed by atoms with Crippen LogP contribution in [-0.2, 0) is 0 Å². The van der Waals surface area contributed by atoms with Gasteiger partial charge in [-0.1, -0.05) is 37.8 Å². The lowest BCUT2D eigenvalue weighted by Gasteiger charge is -2.18. The van der Waals surface area contributed by atoms with Gasteiger partial charge in [0.15, 0.2) is 0 Å². The second-order valence-electron chi connectivity index (χ2n) is 4.65. The summed E-state index contributed by atoms with van der Waals surface area (Å²) in [4.78, 5) is 0. The van der Waals surface area contributed by atoms with Gasteiger partial charge >= 0.3 is 0 Å². The Morgan fingerprint density at radius 2 is 2.00 bits per heavy atom. The molecule has 0 atom stereocenters. The second-order valence-corrected chi connectivity index (χ2v) is 4.65. The number of hydrogen-bond acceptors (Lipinski definition) is 0. The molecule has 2 rings (SSSR count). The number of rotatable bonds is 3. The fraction of sp³-hybridized carbons (Fsp3) is 0.769. The maximum absolute atomic E-state index is 2.35. The van der Waals surface area contributed by atoms with Gasteiger partial charge in [0.25, 0.3) is 0 Å². The van der Waals surface area contributed by atoms with Crippen molar-refractivity contribution in [3.63, 3.8) is 0 Å². The molecule has 1 radical (unpaired) electrons. The molecule has 0 amide bonds. The van der Waals surface area contributed by atoms with Gasteiger partial charge in [-0.25, -0.2) is 0 Å². The average Bonchev–Trinajstić information content (AvgIpc) is 2.69. The lowest BCUT2D eigenvalue weighted by atomic mass is 9.87. The van der Waals surface area contributed by atoms with Crippen LogP contribution in [0.15, 0.2) is 12.2 Å². The van der Waals surface area contributed by atoms with E-state index in [9.17, 15) is 0 Å². The van der Waals surface area contributed by atoms with Gasteiger partial charge in [-0.3, -0.25) is 0 Å². The maximum Gasteiger partial charge on any atom is -0.0200 e. The van der Waals surface area contributed by atoms with Gasteiger partial charge in [0.2, 0.25) is 0 Å². The first kappa shape index (κ1) is 9.30. The standard InChI is InChI=1S/C13H21/c1-2-6-12(7-3-1)10-11-13-8-4-5-9-13/h1-2,13H,3-11H2. The summed E-state index contributed by atoms with van der Waals surface area (Å²) in [5.74, 6) is 2.90. The monoisotopic (exact) mass is 177 g/mol. The highest BCUT2D eigenvalue weighted by Crippen LogP contribution is 2.33. The Kier molecular flexibility index (Phi) is 3.46. The van der Waals surface area contributed by atoms with Crippen LogP contribution in [0, 0.1) is 11.8 Å². The summed E-state index contributed by atoms with van der Waals surface area (Å²) in [7, 11) is 0. The van der Waals surface area contributed by atoms with Crippen molar-refractivity contribution in [1.82, 2.24) is 0 Å². The van der Waals surface area contributed by atoms with E-state index in [4.69, 9.17) is 0 Å². The summed E-state index contributed by atoms with van der Waals surface area (Å²) in [6.45, 7) is 0. The van der Waals surface area contributed by atoms with Crippen molar-refractivity contribution >= 4 is 0 Å². The maximum atomic E-state index is 2.35. The molecule has 0 nitrogen and oxygen atoms in total. The minimum Gasteiger partial charge on any atom is -0.0885 e. The van der Waals surface area contributed by atoms with Gasteiger partial charge in [0.1, 0.15) is 0 Å². The third kappa shape index (κ3) is 2.86. The van der Waals surface area contributed by atoms with Crippen molar-refractivity contribution in [3.8, 4) is 0 Å². The number of allylic oxidation sites excluding steroid dienone is 2. The zero-order valence-corrected chi connectivity index (χ0v) is 8.60. The molecule has 0 heteroatoms. The quantitative estimate of drug-likeness (QED) is 0.565. The van der Waals surface area contributed by atoms with E-state index in [0.29, 0.717) is 0 Å². The molecule has 73 valence electrons. The zero-order chi connectivity index (χ0) is 8.93. The largest absolute Gasteiger partial charge is 0.0885 e. The van der Waals surface area contributed by atoms with Gasteiger partial charge < -0.3 is 0 Å². The summed E-state index contributed by atoms with van der Waals surface area (Å²) < 4.78 is 0. The highest BCUT2D eigenvalue weighted by Gasteiger charge is 2.17. The topological polar surface area (TPSA) is 0 Å². The average molecular weight is 177 g/mol. The van der Waals surface area contributed by atoms with E-state index in [1.54, 1.807) is 0 Å². The molecule has 2 aliphatic carbocycles. The van der Waals surface area contributed by atoms with Gasteiger partial charge in [0, 0.05) is 0 Å². The molecule has 2 aliphatic rings. The van der Waals surface area contributed by atoms with Crippen LogP contribution in [0.25, 0.3) is 0 Å². The zero-order valence-electron chi connectivity index (χ0n) is 8.60. The summed E-state index contributed by atoms with van der Waals surface area (Å²) in [6, 6.07) is 0. The smallest absolute Gasteiger partial charge is 0.0200 e. The van der Waals surface area contributed by atoms with Crippen molar-refractivity contribution in [3.05, 3.63) is 18.1 Å². The van der Waals surface area contributed by atoms with Gasteiger partial charge in [-0.15, -0.1) is 0 Å². The van der Waals surface area contributed by atoms with E-state index < -0.39 is 0 Å². The van der Waals surface area contributed by atoms with Crippen molar-refractivity contribution in [1.29, 1.82) is 0 Å². The molecule has 0 N–H and O–H groups in total. The summed E-state index contributed by atoms with van der Waals surface area (Å²) in [5, 5.41) is 0. The van der Waals surface area contributed by atoms with E-state index >= 15 is 0 Å². The van der Waals surface area contributed by atoms with Crippen LogP contribution in [0.5, 0.6) is 0 Å². The first-order chi connectivity index (χ1) is 6.45. The first-order valence-electron chi connectivity index (χ1n) is 5.94. The molecule has 0 heterocycles. The fourth-order valence-electron chi connectivity index (χ4n) is 2.69. The van der Waals surface area contributed by atoms with E-state index in [-0.39, 0.29) is 0 Å². The molecule has 1 fully saturated rings. The predicted octanol–water partition coefficient (Wildman–Crippen LogP) is 4.27. The molecule has 0 bridgehead atoms. The molecule has 1 saturated carbocycles. The van der Waals surface area contributed by atoms with Crippen LogP contribution in [0.2, 0.25) is 0 Å². The molecule has 0 aromatic carbocycles. The Bertz CT molecular complexity index is 163. The van der Waals surface area contributed by atoms with Crippen molar-refractivity contribution < 1.29 is 0 Å². The molecule has 13 heavy (non-hydrogen) atoms. The molecular formula is C13H21. The lowest BCUT2D eigenvalue weighted by molar-refractivity contribution is 0.475. The molecule has 0 saturated heterocycles. The SMILES string of the molecule is C1=CC[C](CCC2CCCC2)CC1. The van der Waals surface area contributed by atoms with Crippen LogP contribution in [0.4, 0.5) is 0 Å². The molecule has 0 aromatic rings. The van der Waals surface area contributed by atoms with Crippen molar-refractivity contribution in [2.75, 3.05) is 0 Å². The normalized spacial score (nSPS) is 25.5. The third-order valence-corrected chi connectivity index (χ3v) is 3.62. The Balaban J connectivity index is 1.63. The van der Waals surface area contributed by atoms with Gasteiger partial charge in [-0.05, 0) is 43.9 Å². The van der Waals surface area contributed by atoms with Crippen LogP contribution < -0.4 is 0 Å². The highest BCUT2D eigenvalue weighted by atomic mass is 14.2. The Morgan fingerprint density at radius 3 is 2.69 bits per heavy atom. The van der Waals surface area contributed by atoms with Crippen molar-refractivity contribution in [2.45, 2.75) is 57.8 Å². The van der Waals surface area contributed by atoms with Gasteiger partial charge in [0.05, 0.1) is 0 Å². The minimum absolute atomic E-state index is 1.08. The second kappa shape index (κ2) is 4.83. The molecule has 0 aromatic heterocycles. The van der Waals surface area contributed by atoms with E-state index in [1.165, 1.54) is 57.8 Å². The molecule has 0 aliphatic heterocycles. The van der Waals surface area contributed by atoms with Crippen LogP contribution >= 0.6 is 0 Å². The fourth-order valence-corrected chi connectivity index (χ4v) is 2.69. The van der Waals surface area contributed by atoms with Gasteiger partial charge in [-0.2, -0.15) is 0 Å². The van der Waals surface area contributed by atoms with E-state index in [1.807, 2.05) is 5.92 Å². The number of hydrogen-bond donors (Lipinski definition) is 0. The highest BCUT2D eigenvalue weighted by molar-refractivity contribution is 5.04. The first-order valence-corrected chi connectivity index (χ1v) is 5.94. The predicted molar refractivity (Wildman–Crippen MR) is 57.4 cm³/mol. The van der Waals surface area contributed by atoms with Crippen LogP contribution in [-0.4, -0.2) is 0 Å². The Morgan fingerprint density at radius 1 is 1.15 bits per heavy atom. The van der Waals surface area contributed by atoms with Crippen molar-refractivity contribution in [2.24, 2.45) is 5.92 Å². The summed E-state index contributed by atoms with van der Waals surface area (Å²) >= 11 is 0. The Labute approximate surface area is 82.4 Å².